The van der Waals surface area contributed by atoms with E-state index in [9.17, 15) is 0 Å². The molecule has 0 radical (unpaired) electrons. The maximum atomic E-state index is 5.87. The largest absolute Gasteiger partial charge is 0.494 e. The van der Waals surface area contributed by atoms with Gasteiger partial charge >= 0.3 is 0 Å². The number of hydrogen-bond donors (Lipinski definition) is 1. The molecule has 1 fully saturated rings. The third-order valence-electron chi connectivity index (χ3n) is 4.71. The Morgan fingerprint density at radius 3 is 2.75 bits per heavy atom. The van der Waals surface area contributed by atoms with Gasteiger partial charge in [0.2, 0.25) is 11.8 Å². The first-order valence-corrected chi connectivity index (χ1v) is 10.8. The molecule has 2 aromatic heterocycles. The Kier molecular flexibility index (Phi) is 6.62. The Labute approximate surface area is 168 Å². The average molecular weight is 400 g/mol. The smallest absolute Gasteiger partial charge is 0.247 e. The van der Waals surface area contributed by atoms with Crippen LogP contribution in [0.1, 0.15) is 31.6 Å². The van der Waals surface area contributed by atoms with Crippen molar-refractivity contribution in [3.63, 3.8) is 0 Å². The van der Waals surface area contributed by atoms with Gasteiger partial charge in [-0.15, -0.1) is 10.2 Å². The highest BCUT2D eigenvalue weighted by Gasteiger charge is 2.11. The van der Waals surface area contributed by atoms with E-state index in [1.54, 1.807) is 12.4 Å². The Morgan fingerprint density at radius 2 is 1.96 bits per heavy atom. The number of aromatic nitrogens is 4. The van der Waals surface area contributed by atoms with Crippen LogP contribution < -0.4 is 4.74 Å². The number of rotatable bonds is 9. The minimum Gasteiger partial charge on any atom is -0.494 e. The zero-order valence-electron chi connectivity index (χ0n) is 15.8. The SMILES string of the molecule is c1c[nH]c(SCc2nnc(-c3ccc(OCCCN4CCCCC4)cc3)o2)n1. The molecule has 0 atom stereocenters. The molecule has 0 unspecified atom stereocenters. The summed E-state index contributed by atoms with van der Waals surface area (Å²) in [6, 6.07) is 7.82. The number of likely N-dealkylation sites (tertiary alicyclic amines) is 1. The molecule has 3 heterocycles. The van der Waals surface area contributed by atoms with E-state index in [-0.39, 0.29) is 0 Å². The highest BCUT2D eigenvalue weighted by Crippen LogP contribution is 2.24. The summed E-state index contributed by atoms with van der Waals surface area (Å²) >= 11 is 1.53. The van der Waals surface area contributed by atoms with E-state index in [1.165, 1.54) is 44.1 Å². The Bertz CT molecular complexity index is 829. The van der Waals surface area contributed by atoms with Crippen LogP contribution in [0.4, 0.5) is 0 Å². The van der Waals surface area contributed by atoms with E-state index < -0.39 is 0 Å². The number of nitrogens with one attached hydrogen (secondary N) is 1. The minimum atomic E-state index is 0.520. The number of imidazole rings is 1. The molecule has 0 aliphatic carbocycles. The number of benzene rings is 1. The van der Waals surface area contributed by atoms with Gasteiger partial charge in [-0.1, -0.05) is 18.2 Å². The van der Waals surface area contributed by atoms with Gasteiger partial charge in [0.05, 0.1) is 12.4 Å². The van der Waals surface area contributed by atoms with Crippen LogP contribution >= 0.6 is 11.8 Å². The number of aromatic amines is 1. The fourth-order valence-corrected chi connectivity index (χ4v) is 3.91. The van der Waals surface area contributed by atoms with E-state index in [1.807, 2.05) is 24.3 Å². The Morgan fingerprint density at radius 1 is 1.11 bits per heavy atom. The molecule has 1 aromatic carbocycles. The lowest BCUT2D eigenvalue weighted by atomic mass is 10.1. The molecule has 28 heavy (non-hydrogen) atoms. The van der Waals surface area contributed by atoms with Gasteiger partial charge in [0.1, 0.15) is 5.75 Å². The van der Waals surface area contributed by atoms with Crippen LogP contribution in [0.25, 0.3) is 11.5 Å². The van der Waals surface area contributed by atoms with Crippen LogP contribution in [-0.4, -0.2) is 51.3 Å². The zero-order chi connectivity index (χ0) is 19.0. The second-order valence-corrected chi connectivity index (χ2v) is 7.78. The van der Waals surface area contributed by atoms with Gasteiger partial charge in [-0.25, -0.2) is 4.98 Å². The summed E-state index contributed by atoms with van der Waals surface area (Å²) in [5.41, 5.74) is 0.891. The van der Waals surface area contributed by atoms with Gasteiger partial charge in [0.25, 0.3) is 0 Å². The summed E-state index contributed by atoms with van der Waals surface area (Å²) in [5, 5.41) is 9.08. The molecule has 1 aliphatic rings. The molecule has 1 N–H and O–H groups in total. The summed E-state index contributed by atoms with van der Waals surface area (Å²) in [4.78, 5) is 9.74. The summed E-state index contributed by atoms with van der Waals surface area (Å²) in [7, 11) is 0. The molecule has 1 saturated heterocycles. The van der Waals surface area contributed by atoms with Crippen molar-refractivity contribution < 1.29 is 9.15 Å². The van der Waals surface area contributed by atoms with Crippen molar-refractivity contribution in [2.45, 2.75) is 36.6 Å². The lowest BCUT2D eigenvalue weighted by Crippen LogP contribution is -2.31. The van der Waals surface area contributed by atoms with Crippen molar-refractivity contribution in [2.75, 3.05) is 26.2 Å². The second kappa shape index (κ2) is 9.75. The molecule has 0 saturated carbocycles. The highest BCUT2D eigenvalue weighted by molar-refractivity contribution is 7.98. The van der Waals surface area contributed by atoms with Crippen LogP contribution in [0, 0.1) is 0 Å². The fraction of sp³-hybridized carbons (Fsp3) is 0.450. The van der Waals surface area contributed by atoms with Crippen molar-refractivity contribution in [3.8, 4) is 17.2 Å². The van der Waals surface area contributed by atoms with E-state index >= 15 is 0 Å². The number of ether oxygens (including phenoxy) is 1. The number of nitrogens with zero attached hydrogens (tertiary/aromatic N) is 4. The summed E-state index contributed by atoms with van der Waals surface area (Å²) in [5.74, 6) is 2.55. The van der Waals surface area contributed by atoms with Gasteiger partial charge in [0.15, 0.2) is 5.16 Å². The third kappa shape index (κ3) is 5.36. The van der Waals surface area contributed by atoms with Crippen LogP contribution in [0.3, 0.4) is 0 Å². The lowest BCUT2D eigenvalue weighted by molar-refractivity contribution is 0.205. The molecule has 8 heteroatoms. The van der Waals surface area contributed by atoms with Crippen LogP contribution in [0.15, 0.2) is 46.2 Å². The van der Waals surface area contributed by atoms with Gasteiger partial charge < -0.3 is 19.0 Å². The third-order valence-corrected chi connectivity index (χ3v) is 5.60. The maximum absolute atomic E-state index is 5.87. The van der Waals surface area contributed by atoms with Crippen molar-refractivity contribution in [3.05, 3.63) is 42.5 Å². The van der Waals surface area contributed by atoms with Gasteiger partial charge in [-0.05, 0) is 56.6 Å². The zero-order valence-corrected chi connectivity index (χ0v) is 16.7. The van der Waals surface area contributed by atoms with Gasteiger partial charge in [-0.2, -0.15) is 0 Å². The predicted molar refractivity (Wildman–Crippen MR) is 108 cm³/mol. The lowest BCUT2D eigenvalue weighted by Gasteiger charge is -2.26. The van der Waals surface area contributed by atoms with E-state index in [4.69, 9.17) is 9.15 Å². The topological polar surface area (TPSA) is 80.1 Å². The number of thioether (sulfide) groups is 1. The Hall–Kier alpha value is -2.32. The first kappa shape index (κ1) is 19.0. The number of piperidine rings is 1. The highest BCUT2D eigenvalue weighted by atomic mass is 32.2. The van der Waals surface area contributed by atoms with E-state index in [0.29, 0.717) is 17.5 Å². The molecular weight excluding hydrogens is 374 g/mol. The molecule has 148 valence electrons. The molecule has 1 aliphatic heterocycles. The molecule has 0 amide bonds. The Balaban J connectivity index is 1.22. The van der Waals surface area contributed by atoms with E-state index in [2.05, 4.69) is 25.1 Å². The monoisotopic (exact) mass is 399 g/mol. The minimum absolute atomic E-state index is 0.520. The van der Waals surface area contributed by atoms with Crippen LogP contribution in [0.2, 0.25) is 0 Å². The summed E-state index contributed by atoms with van der Waals surface area (Å²) < 4.78 is 11.6. The summed E-state index contributed by atoms with van der Waals surface area (Å²) in [6.07, 6.45) is 8.62. The molecule has 3 aromatic rings. The molecule has 0 bridgehead atoms. The molecular formula is C20H25N5O2S. The fourth-order valence-electron chi connectivity index (χ4n) is 3.24. The standard InChI is InChI=1S/C20H25N5O2S/c1-2-11-25(12-3-1)13-4-14-26-17-7-5-16(6-8-17)19-24-23-18(27-19)15-28-20-21-9-10-22-20/h5-10H,1-4,11-15H2,(H,21,22). The average Bonchev–Trinajstić information content (AvgIpc) is 3.43. The molecule has 7 nitrogen and oxygen atoms in total. The predicted octanol–water partition coefficient (Wildman–Crippen LogP) is 4.01. The first-order chi connectivity index (χ1) is 13.9. The maximum Gasteiger partial charge on any atom is 0.247 e. The quantitative estimate of drug-likeness (QED) is 0.430. The molecule has 4 rings (SSSR count). The number of hydrogen-bond acceptors (Lipinski definition) is 7. The van der Waals surface area contributed by atoms with Gasteiger partial charge in [-0.3, -0.25) is 0 Å². The first-order valence-electron chi connectivity index (χ1n) is 9.77. The van der Waals surface area contributed by atoms with Crippen molar-refractivity contribution in [1.29, 1.82) is 0 Å². The van der Waals surface area contributed by atoms with Crippen molar-refractivity contribution >= 4 is 11.8 Å². The summed E-state index contributed by atoms with van der Waals surface area (Å²) in [6.45, 7) is 4.34. The van der Waals surface area contributed by atoms with Crippen molar-refractivity contribution in [2.24, 2.45) is 0 Å². The van der Waals surface area contributed by atoms with Crippen LogP contribution in [0.5, 0.6) is 5.75 Å². The normalized spacial score (nSPS) is 15.0. The second-order valence-electron chi connectivity index (χ2n) is 6.81. The van der Waals surface area contributed by atoms with Crippen LogP contribution in [-0.2, 0) is 5.75 Å². The number of H-pyrrole nitrogens is 1. The van der Waals surface area contributed by atoms with E-state index in [0.717, 1.165) is 36.0 Å². The van der Waals surface area contributed by atoms with Gasteiger partial charge in [0, 0.05) is 24.5 Å². The molecule has 0 spiro atoms. The van der Waals surface area contributed by atoms with Crippen molar-refractivity contribution in [1.82, 2.24) is 25.1 Å².